The van der Waals surface area contributed by atoms with Crippen LogP contribution in [0.5, 0.6) is 0 Å². The van der Waals surface area contributed by atoms with Crippen LogP contribution in [0.3, 0.4) is 0 Å². The van der Waals surface area contributed by atoms with Crippen LogP contribution in [0.4, 0.5) is 8.78 Å². The Balaban J connectivity index is 1.95. The van der Waals surface area contributed by atoms with Gasteiger partial charge in [-0.05, 0) is 41.8 Å². The van der Waals surface area contributed by atoms with Crippen LogP contribution >= 0.6 is 11.3 Å². The zero-order valence-electron chi connectivity index (χ0n) is 14.2. The number of rotatable bonds is 7. The molecule has 2 aromatic carbocycles. The molecule has 0 aliphatic rings. The number of sulfonamides is 1. The highest BCUT2D eigenvalue weighted by Gasteiger charge is 2.32. The minimum absolute atomic E-state index is 0.0320. The van der Waals surface area contributed by atoms with Crippen molar-refractivity contribution in [2.24, 2.45) is 0 Å². The third-order valence-electron chi connectivity index (χ3n) is 3.95. The maximum absolute atomic E-state index is 13.9. The highest BCUT2D eigenvalue weighted by atomic mass is 32.2. The van der Waals surface area contributed by atoms with Crippen LogP contribution in [0.15, 0.2) is 75.8 Å². The highest BCUT2D eigenvalue weighted by molar-refractivity contribution is 7.92. The lowest BCUT2D eigenvalue weighted by Gasteiger charge is -2.17. The molecule has 0 bridgehead atoms. The third-order valence-corrected chi connectivity index (χ3v) is 8.62. The Morgan fingerprint density at radius 3 is 2.29 bits per heavy atom. The van der Waals surface area contributed by atoms with Crippen LogP contribution in [0.2, 0.25) is 0 Å². The topological polar surface area (TPSA) is 80.3 Å². The SMILES string of the molecule is O=S(=O)(NC[C@H](c1cccs1)S(=O)(=O)c1ccccc1)c1cc(F)ccc1F. The van der Waals surface area contributed by atoms with Crippen molar-refractivity contribution in [1.29, 1.82) is 0 Å². The molecule has 0 amide bonds. The summed E-state index contributed by atoms with van der Waals surface area (Å²) in [4.78, 5) is -0.426. The second kappa shape index (κ2) is 8.08. The smallest absolute Gasteiger partial charge is 0.223 e. The predicted molar refractivity (Wildman–Crippen MR) is 102 cm³/mol. The molecule has 1 heterocycles. The molecule has 1 aromatic heterocycles. The molecule has 1 N–H and O–H groups in total. The Morgan fingerprint density at radius 1 is 0.929 bits per heavy atom. The second-order valence-electron chi connectivity index (χ2n) is 5.79. The first-order chi connectivity index (χ1) is 13.2. The lowest BCUT2D eigenvalue weighted by molar-refractivity contribution is 0.544. The van der Waals surface area contributed by atoms with Gasteiger partial charge in [-0.3, -0.25) is 0 Å². The summed E-state index contributed by atoms with van der Waals surface area (Å²) < 4.78 is 80.3. The van der Waals surface area contributed by atoms with Crippen molar-refractivity contribution >= 4 is 31.2 Å². The van der Waals surface area contributed by atoms with Gasteiger partial charge in [0.1, 0.15) is 21.8 Å². The first-order valence-electron chi connectivity index (χ1n) is 7.99. The number of sulfone groups is 1. The molecule has 5 nitrogen and oxygen atoms in total. The molecule has 0 aliphatic heterocycles. The summed E-state index contributed by atoms with van der Waals surface area (Å²) >= 11 is 1.16. The van der Waals surface area contributed by atoms with E-state index in [1.54, 1.807) is 35.7 Å². The number of halogens is 2. The predicted octanol–water partition coefficient (Wildman–Crippen LogP) is 3.52. The van der Waals surface area contributed by atoms with Gasteiger partial charge in [0.15, 0.2) is 9.84 Å². The molecular weight excluding hydrogens is 428 g/mol. The fraction of sp³-hybridized carbons (Fsp3) is 0.111. The van der Waals surface area contributed by atoms with Gasteiger partial charge in [0.05, 0.1) is 4.90 Å². The van der Waals surface area contributed by atoms with Gasteiger partial charge in [0, 0.05) is 11.4 Å². The number of nitrogens with one attached hydrogen (secondary N) is 1. The van der Waals surface area contributed by atoms with E-state index in [1.165, 1.54) is 12.1 Å². The highest BCUT2D eigenvalue weighted by Crippen LogP contribution is 2.31. The van der Waals surface area contributed by atoms with Crippen LogP contribution in [-0.2, 0) is 19.9 Å². The first kappa shape index (κ1) is 20.6. The van der Waals surface area contributed by atoms with E-state index in [2.05, 4.69) is 4.72 Å². The van der Waals surface area contributed by atoms with E-state index in [4.69, 9.17) is 0 Å². The number of benzene rings is 2. The van der Waals surface area contributed by atoms with Crippen molar-refractivity contribution in [3.05, 3.63) is 82.6 Å². The molecule has 0 fully saturated rings. The zero-order valence-corrected chi connectivity index (χ0v) is 16.7. The standard InChI is InChI=1S/C18H15F2NO4S3/c19-13-8-9-15(20)17(11-13)28(24,25)21-12-18(16-7-4-10-26-16)27(22,23)14-5-2-1-3-6-14/h1-11,18,21H,12H2/t18-/m1/s1. The molecule has 28 heavy (non-hydrogen) atoms. The van der Waals surface area contributed by atoms with Crippen LogP contribution in [0.1, 0.15) is 10.1 Å². The molecule has 10 heteroatoms. The molecule has 0 radical (unpaired) electrons. The lowest BCUT2D eigenvalue weighted by atomic mass is 10.3. The Bertz CT molecular complexity index is 1160. The van der Waals surface area contributed by atoms with E-state index < -0.39 is 48.2 Å². The largest absolute Gasteiger partial charge is 0.243 e. The molecule has 0 unspecified atom stereocenters. The fourth-order valence-electron chi connectivity index (χ4n) is 2.56. The maximum atomic E-state index is 13.9. The fourth-order valence-corrected chi connectivity index (χ4v) is 6.60. The average molecular weight is 444 g/mol. The Hall–Kier alpha value is -2.14. The zero-order chi connectivity index (χ0) is 20.4. The Kier molecular flexibility index (Phi) is 5.94. The van der Waals surface area contributed by atoms with Crippen molar-refractivity contribution < 1.29 is 25.6 Å². The number of hydrogen-bond donors (Lipinski definition) is 1. The van der Waals surface area contributed by atoms with Crippen molar-refractivity contribution in [2.75, 3.05) is 6.54 Å². The minimum Gasteiger partial charge on any atom is -0.223 e. The van der Waals surface area contributed by atoms with Crippen LogP contribution < -0.4 is 4.72 Å². The van der Waals surface area contributed by atoms with Gasteiger partial charge in [-0.2, -0.15) is 0 Å². The maximum Gasteiger partial charge on any atom is 0.243 e. The van der Waals surface area contributed by atoms with Gasteiger partial charge in [0.2, 0.25) is 10.0 Å². The summed E-state index contributed by atoms with van der Waals surface area (Å²) in [6, 6.07) is 12.9. The van der Waals surface area contributed by atoms with Gasteiger partial charge in [-0.25, -0.2) is 30.3 Å². The second-order valence-corrected chi connectivity index (χ2v) is 10.6. The van der Waals surface area contributed by atoms with E-state index in [9.17, 15) is 25.6 Å². The van der Waals surface area contributed by atoms with Crippen LogP contribution in [0.25, 0.3) is 0 Å². The van der Waals surface area contributed by atoms with Crippen molar-refractivity contribution in [3.8, 4) is 0 Å². The average Bonchev–Trinajstić information content (AvgIpc) is 3.18. The van der Waals surface area contributed by atoms with Crippen molar-refractivity contribution in [1.82, 2.24) is 4.72 Å². The molecular formula is C18H15F2NO4S3. The van der Waals surface area contributed by atoms with E-state index >= 15 is 0 Å². The monoisotopic (exact) mass is 443 g/mol. The van der Waals surface area contributed by atoms with E-state index in [0.717, 1.165) is 17.4 Å². The van der Waals surface area contributed by atoms with E-state index in [1.807, 2.05) is 0 Å². The summed E-state index contributed by atoms with van der Waals surface area (Å²) in [6.07, 6.45) is 0. The van der Waals surface area contributed by atoms with Gasteiger partial charge in [-0.15, -0.1) is 11.3 Å². The van der Waals surface area contributed by atoms with Crippen molar-refractivity contribution in [2.45, 2.75) is 15.0 Å². The van der Waals surface area contributed by atoms with Gasteiger partial charge in [0.25, 0.3) is 0 Å². The summed E-state index contributed by atoms with van der Waals surface area (Å²) in [7, 11) is -8.40. The Labute approximate surface area is 165 Å². The summed E-state index contributed by atoms with van der Waals surface area (Å²) in [6.45, 7) is -0.532. The molecule has 0 spiro atoms. The summed E-state index contributed by atoms with van der Waals surface area (Å²) in [5.74, 6) is -2.05. The molecule has 0 saturated heterocycles. The quantitative estimate of drug-likeness (QED) is 0.606. The van der Waals surface area contributed by atoms with Crippen LogP contribution in [-0.4, -0.2) is 23.4 Å². The van der Waals surface area contributed by atoms with Crippen molar-refractivity contribution in [3.63, 3.8) is 0 Å². The molecule has 3 aromatic rings. The Morgan fingerprint density at radius 2 is 1.64 bits per heavy atom. The normalized spacial score (nSPS) is 13.4. The lowest BCUT2D eigenvalue weighted by Crippen LogP contribution is -2.32. The molecule has 1 atom stereocenters. The first-order valence-corrected chi connectivity index (χ1v) is 11.9. The summed E-state index contributed by atoms with van der Waals surface area (Å²) in [5.41, 5.74) is 0. The van der Waals surface area contributed by atoms with Gasteiger partial charge >= 0.3 is 0 Å². The molecule has 148 valence electrons. The number of thiophene rings is 1. The molecule has 0 saturated carbocycles. The third kappa shape index (κ3) is 4.30. The van der Waals surface area contributed by atoms with Gasteiger partial charge < -0.3 is 0 Å². The van der Waals surface area contributed by atoms with Crippen LogP contribution in [0, 0.1) is 11.6 Å². The summed E-state index contributed by atoms with van der Waals surface area (Å²) in [5, 5.41) is 0.449. The number of hydrogen-bond acceptors (Lipinski definition) is 5. The molecule has 3 rings (SSSR count). The molecule has 0 aliphatic carbocycles. The van der Waals surface area contributed by atoms with E-state index in [0.29, 0.717) is 17.0 Å². The van der Waals surface area contributed by atoms with E-state index in [-0.39, 0.29) is 4.90 Å². The van der Waals surface area contributed by atoms with Gasteiger partial charge in [-0.1, -0.05) is 24.3 Å². The minimum atomic E-state index is -4.47.